The molecule has 0 saturated carbocycles. The molecule has 6 heteroatoms. The summed E-state index contributed by atoms with van der Waals surface area (Å²) in [6.45, 7) is 21.4. The van der Waals surface area contributed by atoms with E-state index in [9.17, 15) is 4.11 Å². The number of pyridine rings is 1. The number of benzene rings is 8. The molecule has 5 nitrogen and oxygen atoms in total. The van der Waals surface area contributed by atoms with E-state index < -0.39 is 24.0 Å². The molecule has 3 aromatic heterocycles. The van der Waals surface area contributed by atoms with Gasteiger partial charge in [-0.15, -0.1) is 29.7 Å². The monoisotopic (exact) mass is 1150 g/mol. The molecule has 0 N–H and O–H groups in total. The second-order valence-corrected chi connectivity index (χ2v) is 22.1. The van der Waals surface area contributed by atoms with E-state index in [4.69, 9.17) is 13.8 Å². The summed E-state index contributed by atoms with van der Waals surface area (Å²) in [5, 5.41) is 2.02. The number of imidazole rings is 1. The van der Waals surface area contributed by atoms with Gasteiger partial charge in [0.2, 0.25) is 0 Å². The van der Waals surface area contributed by atoms with E-state index in [1.54, 1.807) is 6.20 Å². The SMILES string of the molecule is [2H]c1c([2H])c([2H])c(-c2cccc(-c3cc(C(C)(C)C)cc(C(C)(C)C)c3)c2-[n+]2[c-]n(-c3[c-]c(Oc4[c-]c5c(cc4)c4ccccc4n5-c4cc(C([2H])(C)C(C)(C)C)ccn4)ccc3)c3cc(-c4ccccc4)ccc32)c([2H])c1[2H].[Pt]. The first-order valence-electron chi connectivity index (χ1n) is 28.0. The van der Waals surface area contributed by atoms with Crippen molar-refractivity contribution < 1.29 is 38.6 Å². The molecule has 0 aliphatic carbocycles. The number of para-hydroxylation sites is 2. The summed E-state index contributed by atoms with van der Waals surface area (Å²) in [5.41, 5.74) is 11.1. The quantitative estimate of drug-likeness (QED) is 0.107. The first-order chi connectivity index (χ1) is 37.4. The minimum Gasteiger partial charge on any atom is -0.510 e. The van der Waals surface area contributed by atoms with Crippen LogP contribution in [0.2, 0.25) is 0 Å². The van der Waals surface area contributed by atoms with Crippen LogP contribution in [0, 0.1) is 23.9 Å². The third-order valence-electron chi connectivity index (χ3n) is 14.1. The molecule has 1 unspecified atom stereocenters. The van der Waals surface area contributed by atoms with Crippen LogP contribution in [-0.2, 0) is 31.9 Å². The second-order valence-electron chi connectivity index (χ2n) is 22.1. The number of fused-ring (bicyclic) bond motifs is 4. The maximum Gasteiger partial charge on any atom is 0.268 e. The van der Waals surface area contributed by atoms with Gasteiger partial charge in [0.1, 0.15) is 5.82 Å². The Morgan fingerprint density at radius 1 is 0.595 bits per heavy atom. The van der Waals surface area contributed by atoms with E-state index in [-0.39, 0.29) is 55.0 Å². The van der Waals surface area contributed by atoms with E-state index in [2.05, 4.69) is 146 Å². The number of hydrogen-bond acceptors (Lipinski definition) is 2. The van der Waals surface area contributed by atoms with Crippen molar-refractivity contribution in [2.45, 2.75) is 86.0 Å². The van der Waals surface area contributed by atoms with Crippen LogP contribution in [0.25, 0.3) is 83.4 Å². The van der Waals surface area contributed by atoms with Gasteiger partial charge < -0.3 is 13.9 Å². The third-order valence-corrected chi connectivity index (χ3v) is 14.1. The maximum atomic E-state index is 9.42. The van der Waals surface area contributed by atoms with Gasteiger partial charge >= 0.3 is 0 Å². The molecule has 0 fully saturated rings. The summed E-state index contributed by atoms with van der Waals surface area (Å²) in [4.78, 5) is 4.86. The number of nitrogens with zero attached hydrogens (tertiary/aromatic N) is 4. The normalized spacial score (nSPS) is 14.1. The van der Waals surface area contributed by atoms with Gasteiger partial charge in [-0.25, -0.2) is 4.98 Å². The molecular weight excluding hydrogens is 1080 g/mol. The molecule has 11 aromatic rings. The molecule has 0 saturated heterocycles. The predicted molar refractivity (Wildman–Crippen MR) is 302 cm³/mol. The first-order valence-corrected chi connectivity index (χ1v) is 25.0. The van der Waals surface area contributed by atoms with Crippen LogP contribution in [0.1, 0.15) is 100 Å². The molecule has 0 radical (unpaired) electrons. The van der Waals surface area contributed by atoms with Gasteiger partial charge in [-0.2, -0.15) is 18.2 Å². The molecule has 8 aromatic carbocycles. The Bertz CT molecular complexity index is 4160. The Morgan fingerprint density at radius 3 is 1.99 bits per heavy atom. The second kappa shape index (κ2) is 19.5. The summed E-state index contributed by atoms with van der Waals surface area (Å²) in [7, 11) is 0. The summed E-state index contributed by atoms with van der Waals surface area (Å²) in [6, 6.07) is 56.0. The van der Waals surface area contributed by atoms with Crippen LogP contribution in [0.4, 0.5) is 0 Å². The summed E-state index contributed by atoms with van der Waals surface area (Å²) in [5.74, 6) is 0.686. The molecule has 0 amide bonds. The Balaban J connectivity index is 0.00000720. The molecule has 0 aliphatic rings. The van der Waals surface area contributed by atoms with Crippen molar-refractivity contribution in [2.24, 2.45) is 5.41 Å². The molecule has 11 rings (SSSR count). The van der Waals surface area contributed by atoms with Gasteiger partial charge in [0, 0.05) is 45.6 Å². The fourth-order valence-corrected chi connectivity index (χ4v) is 9.64. The van der Waals surface area contributed by atoms with Crippen molar-refractivity contribution in [3.8, 4) is 62.1 Å². The first kappa shape index (κ1) is 43.1. The Morgan fingerprint density at radius 2 is 1.27 bits per heavy atom. The van der Waals surface area contributed by atoms with E-state index >= 15 is 0 Å². The van der Waals surface area contributed by atoms with Gasteiger partial charge in [-0.3, -0.25) is 4.57 Å². The van der Waals surface area contributed by atoms with Crippen LogP contribution >= 0.6 is 0 Å². The van der Waals surface area contributed by atoms with Crippen LogP contribution in [0.15, 0.2) is 188 Å². The van der Waals surface area contributed by atoms with Crippen molar-refractivity contribution in [3.63, 3.8) is 0 Å². The zero-order chi connectivity index (χ0) is 56.1. The van der Waals surface area contributed by atoms with Crippen LogP contribution in [0.5, 0.6) is 11.5 Å². The number of hydrogen-bond donors (Lipinski definition) is 0. The van der Waals surface area contributed by atoms with E-state index in [1.165, 1.54) is 0 Å². The summed E-state index contributed by atoms with van der Waals surface area (Å²) < 4.78 is 67.0. The van der Waals surface area contributed by atoms with Crippen molar-refractivity contribution in [1.29, 1.82) is 0 Å². The van der Waals surface area contributed by atoms with Crippen LogP contribution in [-0.4, -0.2) is 14.1 Å². The van der Waals surface area contributed by atoms with Crippen molar-refractivity contribution in [3.05, 3.63) is 223 Å². The number of rotatable bonds is 9. The maximum absolute atomic E-state index is 9.42. The van der Waals surface area contributed by atoms with Gasteiger partial charge in [0.15, 0.2) is 0 Å². The fraction of sp³-hybridized carbons (Fsp3) is 0.206. The molecular formula is C68H62N4OPt-2. The average Bonchev–Trinajstić information content (AvgIpc) is 3.97. The van der Waals surface area contributed by atoms with Gasteiger partial charge in [0.05, 0.1) is 23.6 Å². The summed E-state index contributed by atoms with van der Waals surface area (Å²) >= 11 is 0. The Labute approximate surface area is 459 Å². The molecule has 1 atom stereocenters. The van der Waals surface area contributed by atoms with Crippen molar-refractivity contribution in [2.75, 3.05) is 0 Å². The van der Waals surface area contributed by atoms with E-state index in [1.807, 2.05) is 107 Å². The fourth-order valence-electron chi connectivity index (χ4n) is 9.64. The van der Waals surface area contributed by atoms with Crippen molar-refractivity contribution >= 4 is 32.8 Å². The molecule has 0 spiro atoms. The topological polar surface area (TPSA) is 35.9 Å². The summed E-state index contributed by atoms with van der Waals surface area (Å²) in [6.07, 6.45) is 5.51. The zero-order valence-electron chi connectivity index (χ0n) is 49.5. The Hall–Kier alpha value is -7.33. The molecule has 74 heavy (non-hydrogen) atoms. The molecule has 0 aliphatic heterocycles. The molecule has 372 valence electrons. The minimum atomic E-state index is -0.892. The smallest absolute Gasteiger partial charge is 0.268 e. The average molecular weight is 1150 g/mol. The third kappa shape index (κ3) is 9.55. The Kier molecular flexibility index (Phi) is 11.4. The number of aromatic nitrogens is 4. The zero-order valence-corrected chi connectivity index (χ0v) is 45.8. The van der Waals surface area contributed by atoms with Crippen molar-refractivity contribution in [1.82, 2.24) is 14.1 Å². The number of ether oxygens (including phenoxy) is 1. The minimum absolute atomic E-state index is 0. The van der Waals surface area contributed by atoms with Gasteiger partial charge in [-0.05, 0) is 108 Å². The predicted octanol–water partition coefficient (Wildman–Crippen LogP) is 17.3. The van der Waals surface area contributed by atoms with E-state index in [0.29, 0.717) is 34.3 Å². The van der Waals surface area contributed by atoms with Gasteiger partial charge in [-0.1, -0.05) is 202 Å². The van der Waals surface area contributed by atoms with Gasteiger partial charge in [0.25, 0.3) is 6.33 Å². The molecule has 0 bridgehead atoms. The van der Waals surface area contributed by atoms with E-state index in [0.717, 1.165) is 71.8 Å². The van der Waals surface area contributed by atoms with Crippen LogP contribution in [0.3, 0.4) is 0 Å². The van der Waals surface area contributed by atoms with Crippen LogP contribution < -0.4 is 9.30 Å². The molecule has 3 heterocycles. The standard InChI is InChI=1S/C68H62N4O.Pt/c1-45(66(2,3)4)48-35-36-69-64(40-48)72-60-30-18-17-27-58(60)59-33-32-55(43-62(59)72)73-54-26-19-25-53(42-54)70-44-71(61-34-31-49(39-63(61)70)46-21-13-11-14-22-46)65-56(47-23-15-12-16-24-47)28-20-29-57(65)50-37-51(67(5,6)7)41-52(38-50)68(8,9)10;/h11-41,45H,1-10H3;/q-2;/i12D,15D,16D,23D,24D,45D;. The largest absolute Gasteiger partial charge is 0.510 e.